The summed E-state index contributed by atoms with van der Waals surface area (Å²) >= 11 is 6.47. The van der Waals surface area contributed by atoms with Crippen LogP contribution >= 0.6 is 31.9 Å². The Bertz CT molecular complexity index is 1060. The maximum absolute atomic E-state index is 12.7. The summed E-state index contributed by atoms with van der Waals surface area (Å²) in [6.07, 6.45) is 0.455. The molecule has 6 nitrogen and oxygen atoms in total. The first-order valence-electron chi connectivity index (χ1n) is 8.15. The van der Waals surface area contributed by atoms with Crippen molar-refractivity contribution in [3.63, 3.8) is 0 Å². The third-order valence-electron chi connectivity index (χ3n) is 4.04. The Labute approximate surface area is 177 Å². The highest BCUT2D eigenvalue weighted by Crippen LogP contribution is 2.31. The van der Waals surface area contributed by atoms with Crippen LogP contribution in [0.3, 0.4) is 0 Å². The summed E-state index contributed by atoms with van der Waals surface area (Å²) < 4.78 is 0.953. The van der Waals surface area contributed by atoms with Gasteiger partial charge >= 0.3 is 0 Å². The van der Waals surface area contributed by atoms with E-state index in [1.54, 1.807) is 6.07 Å². The lowest BCUT2D eigenvalue weighted by molar-refractivity contribution is -0.385. The number of hydrogen-bond donors (Lipinski definition) is 2. The highest BCUT2D eigenvalue weighted by molar-refractivity contribution is 9.10. The molecule has 0 radical (unpaired) electrons. The fourth-order valence-electron chi connectivity index (χ4n) is 2.71. The lowest BCUT2D eigenvalue weighted by Gasteiger charge is -2.12. The maximum Gasteiger partial charge on any atom is 0.285 e. The Balaban J connectivity index is 1.90. The summed E-state index contributed by atoms with van der Waals surface area (Å²) in [6.45, 7) is 0. The molecule has 0 heterocycles. The fraction of sp³-hybridized carbons (Fsp3) is 0.0500. The van der Waals surface area contributed by atoms with E-state index in [1.807, 2.05) is 30.3 Å². The Morgan fingerprint density at radius 2 is 1.79 bits per heavy atom. The third-order valence-corrected chi connectivity index (χ3v) is 5.16. The van der Waals surface area contributed by atoms with Crippen LogP contribution in [0, 0.1) is 10.1 Å². The van der Waals surface area contributed by atoms with E-state index >= 15 is 0 Å². The van der Waals surface area contributed by atoms with Crippen LogP contribution in [0.25, 0.3) is 0 Å². The molecule has 0 aliphatic rings. The molecule has 0 aliphatic heterocycles. The molecule has 1 amide bonds. The molecule has 0 unspecified atom stereocenters. The van der Waals surface area contributed by atoms with Gasteiger partial charge in [0.05, 0.1) is 15.0 Å². The quantitative estimate of drug-likeness (QED) is 0.345. The van der Waals surface area contributed by atoms with Crippen LogP contribution < -0.4 is 5.32 Å². The average Bonchev–Trinajstić information content (AvgIpc) is 2.66. The molecule has 0 atom stereocenters. The zero-order chi connectivity index (χ0) is 20.3. The van der Waals surface area contributed by atoms with Crippen LogP contribution in [-0.2, 0) is 6.42 Å². The molecule has 0 bridgehead atoms. The predicted octanol–water partition coefficient (Wildman–Crippen LogP) is 5.67. The topological polar surface area (TPSA) is 92.5 Å². The molecule has 0 spiro atoms. The summed E-state index contributed by atoms with van der Waals surface area (Å²) in [7, 11) is 0. The van der Waals surface area contributed by atoms with Crippen molar-refractivity contribution < 1.29 is 14.8 Å². The summed E-state index contributed by atoms with van der Waals surface area (Å²) in [5, 5.41) is 24.3. The number of phenolic OH excluding ortho intramolecular Hbond substituents is 1. The number of carbonyl (C=O) groups is 1. The van der Waals surface area contributed by atoms with Crippen LogP contribution in [-0.4, -0.2) is 15.9 Å². The van der Waals surface area contributed by atoms with Gasteiger partial charge in [-0.15, -0.1) is 0 Å². The standard InChI is InChI=1S/C20H14Br2N2O4/c21-14-9-13(8-12-4-2-1-3-5-12)19(25)16(10-14)20(26)23-15-6-7-17(22)18(11-15)24(27)28/h1-7,9-11,25H,8H2,(H,23,26). The van der Waals surface area contributed by atoms with Crippen LogP contribution in [0.2, 0.25) is 0 Å². The Hall–Kier alpha value is -2.71. The first-order chi connectivity index (χ1) is 13.3. The van der Waals surface area contributed by atoms with Gasteiger partial charge in [-0.3, -0.25) is 14.9 Å². The molecule has 0 aromatic heterocycles. The van der Waals surface area contributed by atoms with Crippen LogP contribution in [0.15, 0.2) is 69.6 Å². The number of halogens is 2. The molecule has 142 valence electrons. The highest BCUT2D eigenvalue weighted by Gasteiger charge is 2.18. The molecular weight excluding hydrogens is 492 g/mol. The second kappa shape index (κ2) is 8.53. The van der Waals surface area contributed by atoms with Gasteiger partial charge in [-0.25, -0.2) is 0 Å². The van der Waals surface area contributed by atoms with Crippen molar-refractivity contribution in [1.82, 2.24) is 0 Å². The summed E-state index contributed by atoms with van der Waals surface area (Å²) in [6, 6.07) is 17.1. The summed E-state index contributed by atoms with van der Waals surface area (Å²) in [4.78, 5) is 23.2. The van der Waals surface area contributed by atoms with Crippen molar-refractivity contribution in [1.29, 1.82) is 0 Å². The van der Waals surface area contributed by atoms with Crippen molar-refractivity contribution in [3.8, 4) is 5.75 Å². The largest absolute Gasteiger partial charge is 0.507 e. The minimum absolute atomic E-state index is 0.0749. The van der Waals surface area contributed by atoms with Crippen LogP contribution in [0.1, 0.15) is 21.5 Å². The Morgan fingerprint density at radius 3 is 2.46 bits per heavy atom. The van der Waals surface area contributed by atoms with Gasteiger partial charge in [0.1, 0.15) is 5.75 Å². The Kier molecular flexibility index (Phi) is 6.11. The molecule has 28 heavy (non-hydrogen) atoms. The number of nitrogens with zero attached hydrogens (tertiary/aromatic N) is 1. The number of rotatable bonds is 5. The van der Waals surface area contributed by atoms with E-state index in [-0.39, 0.29) is 22.7 Å². The number of nitro groups is 1. The second-order valence-corrected chi connectivity index (χ2v) is 7.77. The maximum atomic E-state index is 12.7. The van der Waals surface area contributed by atoms with Gasteiger partial charge in [0.15, 0.2) is 0 Å². The SMILES string of the molecule is O=C(Nc1ccc(Br)c([N+](=O)[O-])c1)c1cc(Br)cc(Cc2ccccc2)c1O. The number of phenols is 1. The molecule has 2 N–H and O–H groups in total. The lowest BCUT2D eigenvalue weighted by atomic mass is 10.0. The highest BCUT2D eigenvalue weighted by atomic mass is 79.9. The van der Waals surface area contributed by atoms with Crippen molar-refractivity contribution in [2.24, 2.45) is 0 Å². The molecule has 3 aromatic carbocycles. The first kappa shape index (κ1) is 20.0. The normalized spacial score (nSPS) is 10.5. The van der Waals surface area contributed by atoms with E-state index in [4.69, 9.17) is 0 Å². The van der Waals surface area contributed by atoms with Gasteiger partial charge < -0.3 is 10.4 Å². The Morgan fingerprint density at radius 1 is 1.07 bits per heavy atom. The molecule has 0 aliphatic carbocycles. The van der Waals surface area contributed by atoms with Crippen molar-refractivity contribution in [2.75, 3.05) is 5.32 Å². The van der Waals surface area contributed by atoms with E-state index in [9.17, 15) is 20.0 Å². The van der Waals surface area contributed by atoms with Gasteiger partial charge in [-0.05, 0) is 45.8 Å². The monoisotopic (exact) mass is 504 g/mol. The van der Waals surface area contributed by atoms with E-state index in [1.165, 1.54) is 24.3 Å². The number of amides is 1. The van der Waals surface area contributed by atoms with Crippen LogP contribution in [0.4, 0.5) is 11.4 Å². The number of anilines is 1. The average molecular weight is 506 g/mol. The predicted molar refractivity (Wildman–Crippen MR) is 114 cm³/mol. The van der Waals surface area contributed by atoms with E-state index < -0.39 is 10.8 Å². The minimum Gasteiger partial charge on any atom is -0.507 e. The number of nitrogens with one attached hydrogen (secondary N) is 1. The number of aromatic hydroxyl groups is 1. The first-order valence-corrected chi connectivity index (χ1v) is 9.74. The lowest BCUT2D eigenvalue weighted by Crippen LogP contribution is -2.13. The van der Waals surface area contributed by atoms with E-state index in [2.05, 4.69) is 37.2 Å². The van der Waals surface area contributed by atoms with E-state index in [0.29, 0.717) is 20.9 Å². The fourth-order valence-corrected chi connectivity index (χ4v) is 3.60. The number of nitro benzene ring substituents is 1. The van der Waals surface area contributed by atoms with Gasteiger partial charge in [0.25, 0.3) is 11.6 Å². The number of hydrogen-bond acceptors (Lipinski definition) is 4. The number of carbonyl (C=O) groups excluding carboxylic acids is 1. The van der Waals surface area contributed by atoms with Gasteiger partial charge in [0, 0.05) is 28.2 Å². The minimum atomic E-state index is -0.565. The smallest absolute Gasteiger partial charge is 0.285 e. The van der Waals surface area contributed by atoms with Gasteiger partial charge in [-0.2, -0.15) is 0 Å². The molecule has 0 fully saturated rings. The molecule has 0 saturated carbocycles. The van der Waals surface area contributed by atoms with Crippen molar-refractivity contribution in [3.05, 3.63) is 96.4 Å². The van der Waals surface area contributed by atoms with Gasteiger partial charge in [-0.1, -0.05) is 46.3 Å². The van der Waals surface area contributed by atoms with Crippen molar-refractivity contribution >= 4 is 49.1 Å². The molecular formula is C20H14Br2N2O4. The van der Waals surface area contributed by atoms with Crippen molar-refractivity contribution in [2.45, 2.75) is 6.42 Å². The van der Waals surface area contributed by atoms with Crippen LogP contribution in [0.5, 0.6) is 5.75 Å². The van der Waals surface area contributed by atoms with E-state index in [0.717, 1.165) is 5.56 Å². The zero-order valence-electron chi connectivity index (χ0n) is 14.4. The molecule has 3 aromatic rings. The molecule has 0 saturated heterocycles. The third kappa shape index (κ3) is 4.58. The molecule has 3 rings (SSSR count). The second-order valence-electron chi connectivity index (χ2n) is 6.00. The summed E-state index contributed by atoms with van der Waals surface area (Å²) in [5.74, 6) is -0.694. The number of benzene rings is 3. The summed E-state index contributed by atoms with van der Waals surface area (Å²) in [5.41, 5.74) is 1.74. The molecule has 8 heteroatoms. The zero-order valence-corrected chi connectivity index (χ0v) is 17.5. The van der Waals surface area contributed by atoms with Gasteiger partial charge in [0.2, 0.25) is 0 Å².